The quantitative estimate of drug-likeness (QED) is 0.514. The average Bonchev–Trinajstić information content (AvgIpc) is 2.53. The normalized spacial score (nSPS) is 11.0. The fraction of sp³-hybridized carbons (Fsp3) is 0.143. The first-order valence-electron chi connectivity index (χ1n) is 6.40. The largest absolute Gasteiger partial charge is 2.00 e. The number of benzene rings is 2. The predicted octanol–water partition coefficient (Wildman–Crippen LogP) is -0.215. The minimum absolute atomic E-state index is 0. The Hall–Kier alpha value is -0.560. The molecule has 8 nitrogen and oxygen atoms in total. The molecule has 0 aliphatic rings. The SMILES string of the molecule is O=S(=O)([O-])c1ccccc1CO.O=S(=O)([O-])c1ccccc1CO.[Ca+2]. The first-order chi connectivity index (χ1) is 11.1. The zero-order chi connectivity index (χ0) is 18.4. The first kappa shape index (κ1) is 24.4. The Kier molecular flexibility index (Phi) is 10.3. The van der Waals surface area contributed by atoms with Crippen LogP contribution in [-0.2, 0) is 33.5 Å². The van der Waals surface area contributed by atoms with Crippen molar-refractivity contribution in [3.05, 3.63) is 59.7 Å². The molecule has 25 heavy (non-hydrogen) atoms. The Bertz CT molecular complexity index is 819. The van der Waals surface area contributed by atoms with Gasteiger partial charge in [-0.15, -0.1) is 0 Å². The summed E-state index contributed by atoms with van der Waals surface area (Å²) in [6.45, 7) is -0.894. The molecule has 2 rings (SSSR count). The molecule has 0 bridgehead atoms. The summed E-state index contributed by atoms with van der Waals surface area (Å²) in [5, 5.41) is 17.4. The van der Waals surface area contributed by atoms with E-state index in [1.165, 1.54) is 36.4 Å². The van der Waals surface area contributed by atoms with E-state index in [-0.39, 0.29) is 58.7 Å². The van der Waals surface area contributed by atoms with Gasteiger partial charge in [0.05, 0.1) is 23.0 Å². The van der Waals surface area contributed by atoms with Crippen LogP contribution in [0.4, 0.5) is 0 Å². The maximum atomic E-state index is 10.5. The number of hydrogen-bond donors (Lipinski definition) is 2. The molecule has 2 aromatic carbocycles. The second-order valence-corrected chi connectivity index (χ2v) is 7.14. The molecule has 132 valence electrons. The van der Waals surface area contributed by atoms with Crippen molar-refractivity contribution >= 4 is 58.0 Å². The number of hydrogen-bond acceptors (Lipinski definition) is 8. The van der Waals surface area contributed by atoms with Crippen LogP contribution in [0.15, 0.2) is 58.3 Å². The van der Waals surface area contributed by atoms with Gasteiger partial charge >= 0.3 is 37.7 Å². The van der Waals surface area contributed by atoms with E-state index in [4.69, 9.17) is 10.2 Å². The predicted molar refractivity (Wildman–Crippen MR) is 86.4 cm³/mol. The van der Waals surface area contributed by atoms with Crippen LogP contribution >= 0.6 is 0 Å². The minimum Gasteiger partial charge on any atom is -0.744 e. The van der Waals surface area contributed by atoms with Gasteiger partial charge in [0.1, 0.15) is 20.2 Å². The van der Waals surface area contributed by atoms with E-state index in [1.54, 1.807) is 12.1 Å². The van der Waals surface area contributed by atoms with Gasteiger partial charge in [0, 0.05) is 0 Å². The van der Waals surface area contributed by atoms with E-state index in [2.05, 4.69) is 0 Å². The molecule has 0 spiro atoms. The molecule has 0 aliphatic heterocycles. The molecule has 0 aromatic heterocycles. The Balaban J connectivity index is 0.000000443. The van der Waals surface area contributed by atoms with Gasteiger partial charge in [-0.3, -0.25) is 0 Å². The van der Waals surface area contributed by atoms with Gasteiger partial charge in [0.15, 0.2) is 0 Å². The Labute approximate surface area is 175 Å². The topological polar surface area (TPSA) is 155 Å². The minimum atomic E-state index is -4.46. The van der Waals surface area contributed by atoms with E-state index in [0.717, 1.165) is 0 Å². The average molecular weight is 414 g/mol. The maximum absolute atomic E-state index is 10.5. The van der Waals surface area contributed by atoms with Crippen molar-refractivity contribution in [1.82, 2.24) is 0 Å². The molecule has 11 heteroatoms. The summed E-state index contributed by atoms with van der Waals surface area (Å²) in [5.41, 5.74) is 0.264. The molecular formula is C14H14CaO8S2. The monoisotopic (exact) mass is 414 g/mol. The fourth-order valence-electron chi connectivity index (χ4n) is 1.76. The van der Waals surface area contributed by atoms with Crippen LogP contribution in [0, 0.1) is 0 Å². The number of rotatable bonds is 4. The van der Waals surface area contributed by atoms with Gasteiger partial charge in [-0.1, -0.05) is 36.4 Å². The van der Waals surface area contributed by atoms with Gasteiger partial charge in [0.2, 0.25) is 0 Å². The Morgan fingerprint density at radius 1 is 0.680 bits per heavy atom. The van der Waals surface area contributed by atoms with Gasteiger partial charge in [-0.2, -0.15) is 0 Å². The maximum Gasteiger partial charge on any atom is 2.00 e. The molecule has 0 saturated heterocycles. The van der Waals surface area contributed by atoms with Crippen LogP contribution < -0.4 is 0 Å². The van der Waals surface area contributed by atoms with Gasteiger partial charge < -0.3 is 19.3 Å². The van der Waals surface area contributed by atoms with Crippen molar-refractivity contribution < 1.29 is 36.2 Å². The molecule has 0 unspecified atom stereocenters. The van der Waals surface area contributed by atoms with Crippen molar-refractivity contribution in [3.8, 4) is 0 Å². The third-order valence-corrected chi connectivity index (χ3v) is 4.70. The molecule has 0 atom stereocenters. The molecule has 2 N–H and O–H groups in total. The van der Waals surface area contributed by atoms with Crippen LogP contribution in [0.1, 0.15) is 11.1 Å². The standard InChI is InChI=1S/2C7H8O4S.Ca/c2*8-5-6-3-1-2-4-7(6)12(9,10)11;/h2*1-4,8H,5H2,(H,9,10,11);/q;;+2/p-2. The molecule has 0 radical (unpaired) electrons. The van der Waals surface area contributed by atoms with E-state index in [0.29, 0.717) is 0 Å². The van der Waals surface area contributed by atoms with Crippen molar-refractivity contribution in [2.24, 2.45) is 0 Å². The fourth-order valence-corrected chi connectivity index (χ4v) is 3.15. The first-order valence-corrected chi connectivity index (χ1v) is 9.22. The molecule has 0 amide bonds. The molecule has 0 heterocycles. The van der Waals surface area contributed by atoms with Crippen molar-refractivity contribution in [2.45, 2.75) is 23.0 Å². The zero-order valence-electron chi connectivity index (χ0n) is 12.9. The summed E-state index contributed by atoms with van der Waals surface area (Å²) < 4.78 is 63.3. The van der Waals surface area contributed by atoms with Gasteiger partial charge in [-0.25, -0.2) is 16.8 Å². The third-order valence-electron chi connectivity index (χ3n) is 2.82. The molecule has 0 saturated carbocycles. The summed E-state index contributed by atoms with van der Waals surface area (Å²) in [5.74, 6) is 0. The summed E-state index contributed by atoms with van der Waals surface area (Å²) in [7, 11) is -8.91. The van der Waals surface area contributed by atoms with E-state index >= 15 is 0 Å². The van der Waals surface area contributed by atoms with E-state index in [9.17, 15) is 25.9 Å². The van der Waals surface area contributed by atoms with Crippen molar-refractivity contribution in [2.75, 3.05) is 0 Å². The summed E-state index contributed by atoms with van der Waals surface area (Å²) >= 11 is 0. The molecular weight excluding hydrogens is 400 g/mol. The smallest absolute Gasteiger partial charge is 0.744 e. The van der Waals surface area contributed by atoms with Gasteiger partial charge in [-0.05, 0) is 23.3 Å². The second kappa shape index (κ2) is 10.6. The second-order valence-electron chi connectivity index (χ2n) is 4.44. The third kappa shape index (κ3) is 7.69. The molecule has 0 aliphatic carbocycles. The van der Waals surface area contributed by atoms with Crippen LogP contribution in [0.3, 0.4) is 0 Å². The van der Waals surface area contributed by atoms with E-state index < -0.39 is 33.5 Å². The van der Waals surface area contributed by atoms with Crippen molar-refractivity contribution in [1.29, 1.82) is 0 Å². The van der Waals surface area contributed by atoms with Crippen molar-refractivity contribution in [3.63, 3.8) is 0 Å². The van der Waals surface area contributed by atoms with Crippen LogP contribution in [0.2, 0.25) is 0 Å². The summed E-state index contributed by atoms with van der Waals surface area (Å²) in [6.07, 6.45) is 0. The van der Waals surface area contributed by atoms with Crippen LogP contribution in [0.25, 0.3) is 0 Å². The van der Waals surface area contributed by atoms with Gasteiger partial charge in [0.25, 0.3) is 0 Å². The number of aliphatic hydroxyl groups is 2. The summed E-state index contributed by atoms with van der Waals surface area (Å²) in [6, 6.07) is 11.1. The van der Waals surface area contributed by atoms with E-state index in [1.807, 2.05) is 0 Å². The Morgan fingerprint density at radius 3 is 1.16 bits per heavy atom. The summed E-state index contributed by atoms with van der Waals surface area (Å²) in [4.78, 5) is -0.708. The molecule has 0 fully saturated rings. The molecule has 2 aromatic rings. The van der Waals surface area contributed by atoms with Crippen LogP contribution in [-0.4, -0.2) is 73.9 Å². The zero-order valence-corrected chi connectivity index (χ0v) is 16.7. The number of aliphatic hydroxyl groups excluding tert-OH is 2. The van der Waals surface area contributed by atoms with Crippen LogP contribution in [0.5, 0.6) is 0 Å². The Morgan fingerprint density at radius 2 is 0.960 bits per heavy atom.